The Morgan fingerprint density at radius 1 is 1.00 bits per heavy atom. The van der Waals surface area contributed by atoms with Crippen LogP contribution in [0.3, 0.4) is 0 Å². The summed E-state index contributed by atoms with van der Waals surface area (Å²) in [6.45, 7) is 2.67. The molecule has 0 radical (unpaired) electrons. The molecule has 0 aliphatic carbocycles. The van der Waals surface area contributed by atoms with Gasteiger partial charge in [-0.25, -0.2) is 0 Å². The van der Waals surface area contributed by atoms with E-state index in [1.807, 2.05) is 27.2 Å². The third-order valence-electron chi connectivity index (χ3n) is 4.67. The average Bonchev–Trinajstić information content (AvgIpc) is 2.58. The summed E-state index contributed by atoms with van der Waals surface area (Å²) < 4.78 is 5.91. The van der Waals surface area contributed by atoms with Gasteiger partial charge >= 0.3 is 11.9 Å². The molecule has 0 rings (SSSR count). The zero-order valence-corrected chi connectivity index (χ0v) is 19.1. The molecule has 0 aromatic carbocycles. The number of likely N-dealkylation sites (N-methyl/N-ethyl adjacent to an activating group) is 1. The van der Waals surface area contributed by atoms with Gasteiger partial charge in [-0.15, -0.1) is 0 Å². The SMILES string of the molecule is CCCCCCCC(O)C/C=C/CCCCC(=O)OC(CC(=O)O)C[N+](C)(C)C. The molecule has 6 heteroatoms. The molecular weight excluding hydrogens is 370 g/mol. The maximum Gasteiger partial charge on any atom is 0.307 e. The van der Waals surface area contributed by atoms with Gasteiger partial charge in [0, 0.05) is 6.42 Å². The standard InChI is InChI=1S/C23H43NO5/c1-5-6-7-9-12-15-20(25)16-13-10-8-11-14-17-23(28)29-21(18-22(26)27)19-24(2,3)4/h10,13,20-21,25H,5-9,11-12,14-19H2,1-4H3/p+1/b13-10+. The van der Waals surface area contributed by atoms with E-state index in [4.69, 9.17) is 9.84 Å². The summed E-state index contributed by atoms with van der Waals surface area (Å²) in [4.78, 5) is 23.0. The number of unbranched alkanes of at least 4 members (excludes halogenated alkanes) is 6. The van der Waals surface area contributed by atoms with Gasteiger partial charge in [0.05, 0.1) is 33.7 Å². The monoisotopic (exact) mass is 414 g/mol. The number of aliphatic hydroxyl groups excluding tert-OH is 1. The molecule has 0 heterocycles. The Labute approximate surface area is 177 Å². The second-order valence-electron chi connectivity index (χ2n) is 8.99. The first-order valence-electron chi connectivity index (χ1n) is 11.2. The fourth-order valence-corrected chi connectivity index (χ4v) is 3.20. The zero-order chi connectivity index (χ0) is 22.1. The Bertz CT molecular complexity index is 470. The van der Waals surface area contributed by atoms with Crippen LogP contribution in [0, 0.1) is 0 Å². The summed E-state index contributed by atoms with van der Waals surface area (Å²) in [6.07, 6.45) is 13.5. The van der Waals surface area contributed by atoms with Crippen molar-refractivity contribution < 1.29 is 29.0 Å². The molecule has 0 bridgehead atoms. The minimum Gasteiger partial charge on any atom is -0.481 e. The van der Waals surface area contributed by atoms with Crippen molar-refractivity contribution in [2.75, 3.05) is 27.7 Å². The van der Waals surface area contributed by atoms with Crippen LogP contribution in [0.1, 0.15) is 84.0 Å². The Morgan fingerprint density at radius 2 is 1.69 bits per heavy atom. The van der Waals surface area contributed by atoms with Gasteiger partial charge < -0.3 is 19.4 Å². The Hall–Kier alpha value is -1.40. The van der Waals surface area contributed by atoms with E-state index in [9.17, 15) is 14.7 Å². The second kappa shape index (κ2) is 16.4. The van der Waals surface area contributed by atoms with Crippen LogP contribution in [-0.4, -0.2) is 66.5 Å². The van der Waals surface area contributed by atoms with E-state index in [-0.39, 0.29) is 18.5 Å². The third-order valence-corrected chi connectivity index (χ3v) is 4.67. The van der Waals surface area contributed by atoms with Crippen molar-refractivity contribution in [1.82, 2.24) is 0 Å². The number of esters is 1. The fourth-order valence-electron chi connectivity index (χ4n) is 3.20. The number of carbonyl (C=O) groups is 2. The van der Waals surface area contributed by atoms with Crippen molar-refractivity contribution >= 4 is 11.9 Å². The largest absolute Gasteiger partial charge is 0.481 e. The summed E-state index contributed by atoms with van der Waals surface area (Å²) in [7, 11) is 5.83. The van der Waals surface area contributed by atoms with E-state index < -0.39 is 12.1 Å². The van der Waals surface area contributed by atoms with Gasteiger partial charge in [0.15, 0.2) is 6.10 Å². The molecule has 2 atom stereocenters. The van der Waals surface area contributed by atoms with Crippen molar-refractivity contribution in [3.8, 4) is 0 Å². The molecule has 2 unspecified atom stereocenters. The highest BCUT2D eigenvalue weighted by Crippen LogP contribution is 2.11. The van der Waals surface area contributed by atoms with Gasteiger partial charge in [-0.2, -0.15) is 0 Å². The number of hydrogen-bond donors (Lipinski definition) is 2. The molecule has 0 saturated carbocycles. The lowest BCUT2D eigenvalue weighted by Crippen LogP contribution is -2.43. The lowest BCUT2D eigenvalue weighted by atomic mass is 10.1. The van der Waals surface area contributed by atoms with Crippen molar-refractivity contribution in [2.24, 2.45) is 0 Å². The topological polar surface area (TPSA) is 83.8 Å². The van der Waals surface area contributed by atoms with Gasteiger partial charge in [0.2, 0.25) is 0 Å². The highest BCUT2D eigenvalue weighted by atomic mass is 16.5. The van der Waals surface area contributed by atoms with Gasteiger partial charge in [-0.05, 0) is 32.1 Å². The maximum absolute atomic E-state index is 12.0. The Morgan fingerprint density at radius 3 is 2.31 bits per heavy atom. The van der Waals surface area contributed by atoms with E-state index in [1.165, 1.54) is 25.7 Å². The first kappa shape index (κ1) is 27.6. The van der Waals surface area contributed by atoms with E-state index in [0.717, 1.165) is 25.7 Å². The van der Waals surface area contributed by atoms with Crippen molar-refractivity contribution in [1.29, 1.82) is 0 Å². The van der Waals surface area contributed by atoms with Gasteiger partial charge in [-0.3, -0.25) is 9.59 Å². The number of nitrogens with zero attached hydrogens (tertiary/aromatic N) is 1. The number of allylic oxidation sites excluding steroid dienone is 1. The summed E-state index contributed by atoms with van der Waals surface area (Å²) >= 11 is 0. The van der Waals surface area contributed by atoms with Crippen LogP contribution >= 0.6 is 0 Å². The van der Waals surface area contributed by atoms with Crippen LogP contribution in [0.15, 0.2) is 12.2 Å². The van der Waals surface area contributed by atoms with Crippen molar-refractivity contribution in [2.45, 2.75) is 96.2 Å². The number of hydrogen-bond acceptors (Lipinski definition) is 4. The van der Waals surface area contributed by atoms with Crippen molar-refractivity contribution in [3.63, 3.8) is 0 Å². The number of rotatable bonds is 18. The van der Waals surface area contributed by atoms with Crippen molar-refractivity contribution in [3.05, 3.63) is 12.2 Å². The molecule has 0 spiro atoms. The summed E-state index contributed by atoms with van der Waals surface area (Å²) in [5, 5.41) is 18.9. The first-order valence-corrected chi connectivity index (χ1v) is 11.2. The Kier molecular flexibility index (Phi) is 15.6. The molecule has 6 nitrogen and oxygen atoms in total. The molecule has 170 valence electrons. The number of quaternary nitrogens is 1. The maximum atomic E-state index is 12.0. The quantitative estimate of drug-likeness (QED) is 0.151. The molecule has 29 heavy (non-hydrogen) atoms. The molecule has 0 aromatic heterocycles. The normalized spacial score (nSPS) is 14.1. The average molecular weight is 415 g/mol. The number of ether oxygens (including phenoxy) is 1. The van der Waals surface area contributed by atoms with Gasteiger partial charge in [0.25, 0.3) is 0 Å². The predicted octanol–water partition coefficient (Wildman–Crippen LogP) is 4.31. The zero-order valence-electron chi connectivity index (χ0n) is 19.1. The summed E-state index contributed by atoms with van der Waals surface area (Å²) in [5.41, 5.74) is 0. The van der Waals surface area contributed by atoms with E-state index in [0.29, 0.717) is 30.3 Å². The van der Waals surface area contributed by atoms with Crippen LogP contribution in [0.2, 0.25) is 0 Å². The minimum atomic E-state index is -0.954. The number of carboxylic acid groups (broad SMARTS) is 1. The molecule has 0 amide bonds. The van der Waals surface area contributed by atoms with Crippen LogP contribution in [0.25, 0.3) is 0 Å². The predicted molar refractivity (Wildman–Crippen MR) is 117 cm³/mol. The third kappa shape index (κ3) is 19.7. The molecule has 0 aliphatic heterocycles. The second-order valence-corrected chi connectivity index (χ2v) is 8.99. The molecule has 0 aliphatic rings. The Balaban J connectivity index is 3.87. The highest BCUT2D eigenvalue weighted by Gasteiger charge is 2.24. The summed E-state index contributed by atoms with van der Waals surface area (Å²) in [5.74, 6) is -1.28. The number of carbonyl (C=O) groups excluding carboxylic acids is 1. The first-order chi connectivity index (χ1) is 13.6. The van der Waals surface area contributed by atoms with Gasteiger partial charge in [0.1, 0.15) is 6.54 Å². The van der Waals surface area contributed by atoms with E-state index in [2.05, 4.69) is 13.0 Å². The minimum absolute atomic E-state index is 0.162. The summed E-state index contributed by atoms with van der Waals surface area (Å²) in [6, 6.07) is 0. The molecule has 0 fully saturated rings. The number of aliphatic carboxylic acids is 1. The molecule has 0 saturated heterocycles. The van der Waals surface area contributed by atoms with Crippen LogP contribution in [0.4, 0.5) is 0 Å². The molecular formula is C23H44NO5+. The van der Waals surface area contributed by atoms with Crippen LogP contribution in [0.5, 0.6) is 0 Å². The molecule has 0 aromatic rings. The fraction of sp³-hybridized carbons (Fsp3) is 0.826. The van der Waals surface area contributed by atoms with Crippen LogP contribution < -0.4 is 0 Å². The van der Waals surface area contributed by atoms with E-state index >= 15 is 0 Å². The lowest BCUT2D eigenvalue weighted by Gasteiger charge is -2.28. The number of aliphatic hydroxyl groups is 1. The van der Waals surface area contributed by atoms with Crippen LogP contribution in [-0.2, 0) is 14.3 Å². The van der Waals surface area contributed by atoms with Gasteiger partial charge in [-0.1, -0.05) is 51.2 Å². The lowest BCUT2D eigenvalue weighted by molar-refractivity contribution is -0.873. The smallest absolute Gasteiger partial charge is 0.307 e. The highest BCUT2D eigenvalue weighted by molar-refractivity contribution is 5.71. The molecule has 2 N–H and O–H groups in total. The van der Waals surface area contributed by atoms with E-state index in [1.54, 1.807) is 0 Å². The number of carboxylic acids is 1.